The lowest BCUT2D eigenvalue weighted by Gasteiger charge is -2.52. The number of aliphatic hydroxyl groups excluding tert-OH is 2. The SMILES string of the molecule is CC=C(C(=O)OC1Cc2c3c(c4oc(CO)cc(=O)c4c2O)C2C4=CCNC(N)=C4C(CCc4ccc(O)cc4C2CO)C2CCC4=CC(NCC)NC=C4CC2C1(C)O3)C1(O)CC2CCC3CNCCC32C1. The number of rotatable bonds is 7. The van der Waals surface area contributed by atoms with Gasteiger partial charge in [-0.25, -0.2) is 4.79 Å². The number of carbonyl (C=O) groups excluding carboxylic acids is 1. The number of carbonyl (C=O) groups is 1. The molecule has 11 N–H and O–H groups in total. The van der Waals surface area contributed by atoms with Gasteiger partial charge in [0.1, 0.15) is 58.1 Å². The van der Waals surface area contributed by atoms with Crippen LogP contribution < -0.4 is 37.2 Å². The molecule has 1 spiro atoms. The lowest BCUT2D eigenvalue weighted by molar-refractivity contribution is -0.171. The van der Waals surface area contributed by atoms with E-state index in [1.165, 1.54) is 11.6 Å². The van der Waals surface area contributed by atoms with Crippen molar-refractivity contribution >= 4 is 16.9 Å². The molecule has 12 rings (SSSR count). The van der Waals surface area contributed by atoms with Crippen LogP contribution in [0.1, 0.15) is 118 Å². The Morgan fingerprint density at radius 2 is 1.90 bits per heavy atom. The molecule has 12 atom stereocenters. The third-order valence-electron chi connectivity index (χ3n) is 19.6. The van der Waals surface area contributed by atoms with Crippen LogP contribution >= 0.6 is 0 Å². The molecule has 1 saturated heterocycles. The minimum Gasteiger partial charge on any atom is -0.508 e. The largest absolute Gasteiger partial charge is 0.508 e. The van der Waals surface area contributed by atoms with E-state index in [0.29, 0.717) is 67.9 Å². The summed E-state index contributed by atoms with van der Waals surface area (Å²) in [5.74, 6) is -1.96. The summed E-state index contributed by atoms with van der Waals surface area (Å²) in [5, 5.41) is 73.4. The monoisotopic (exact) mass is 998 g/mol. The number of hydrogen-bond acceptors (Lipinski definition) is 15. The van der Waals surface area contributed by atoms with Gasteiger partial charge in [0.2, 0.25) is 0 Å². The number of phenols is 2. The first-order valence-corrected chi connectivity index (χ1v) is 26.9. The summed E-state index contributed by atoms with van der Waals surface area (Å²) < 4.78 is 21.4. The van der Waals surface area contributed by atoms with Gasteiger partial charge in [-0.2, -0.15) is 0 Å². The molecule has 0 amide bonds. The number of phenolic OH excluding ortho intramolecular Hbond substituents is 2. The molecule has 0 radical (unpaired) electrons. The Hall–Kier alpha value is -5.58. The summed E-state index contributed by atoms with van der Waals surface area (Å²) in [6, 6.07) is 6.49. The lowest BCUT2D eigenvalue weighted by atomic mass is 9.61. The molecule has 15 heteroatoms. The van der Waals surface area contributed by atoms with E-state index in [1.807, 2.05) is 13.0 Å². The van der Waals surface area contributed by atoms with E-state index in [9.17, 15) is 30.3 Å². The normalized spacial score (nSPS) is 35.3. The third-order valence-corrected chi connectivity index (χ3v) is 19.6. The Morgan fingerprint density at radius 1 is 1.07 bits per heavy atom. The quantitative estimate of drug-likeness (QED) is 0.101. The predicted molar refractivity (Wildman–Crippen MR) is 274 cm³/mol. The number of aryl methyl sites for hydroxylation is 1. The van der Waals surface area contributed by atoms with Crippen LogP contribution in [0.5, 0.6) is 17.2 Å². The van der Waals surface area contributed by atoms with Crippen LogP contribution in [0, 0.1) is 35.0 Å². The van der Waals surface area contributed by atoms with Crippen LogP contribution in [0.25, 0.3) is 11.0 Å². The molecule has 6 heterocycles. The van der Waals surface area contributed by atoms with Crippen molar-refractivity contribution in [3.8, 4) is 17.2 Å². The second kappa shape index (κ2) is 18.1. The second-order valence-electron chi connectivity index (χ2n) is 22.9. The van der Waals surface area contributed by atoms with Crippen molar-refractivity contribution in [1.29, 1.82) is 0 Å². The molecule has 12 unspecified atom stereocenters. The minimum absolute atomic E-state index is 0.00145. The molecule has 4 aliphatic carbocycles. The number of fused-ring (bicyclic) bond motifs is 9. The molecule has 388 valence electrons. The maximum absolute atomic E-state index is 15.4. The molecule has 1 aromatic heterocycles. The second-order valence-corrected chi connectivity index (χ2v) is 22.9. The first-order valence-electron chi connectivity index (χ1n) is 26.9. The van der Waals surface area contributed by atoms with Crippen LogP contribution in [-0.2, 0) is 29.0 Å². The van der Waals surface area contributed by atoms with Gasteiger partial charge in [-0.1, -0.05) is 25.1 Å². The van der Waals surface area contributed by atoms with E-state index in [2.05, 4.69) is 46.5 Å². The van der Waals surface area contributed by atoms with Crippen LogP contribution in [0.4, 0.5) is 0 Å². The van der Waals surface area contributed by atoms with Gasteiger partial charge in [0.25, 0.3) is 0 Å². The molecule has 3 aromatic rings. The maximum atomic E-state index is 15.4. The van der Waals surface area contributed by atoms with Crippen molar-refractivity contribution in [2.75, 3.05) is 32.8 Å². The van der Waals surface area contributed by atoms with Crippen molar-refractivity contribution in [2.24, 2.45) is 40.7 Å². The number of aromatic hydroxyl groups is 2. The van der Waals surface area contributed by atoms with Gasteiger partial charge in [0.05, 0.1) is 23.9 Å². The fourth-order valence-corrected chi connectivity index (χ4v) is 16.4. The summed E-state index contributed by atoms with van der Waals surface area (Å²) in [5.41, 5.74) is 10.5. The number of dihydropyridines is 2. The van der Waals surface area contributed by atoms with Crippen molar-refractivity contribution in [2.45, 2.75) is 133 Å². The molecule has 5 aliphatic heterocycles. The highest BCUT2D eigenvalue weighted by atomic mass is 16.6. The van der Waals surface area contributed by atoms with Crippen LogP contribution in [0.3, 0.4) is 0 Å². The zero-order valence-electron chi connectivity index (χ0n) is 42.2. The van der Waals surface area contributed by atoms with Gasteiger partial charge in [0, 0.05) is 54.1 Å². The molecule has 3 saturated carbocycles. The van der Waals surface area contributed by atoms with Gasteiger partial charge in [-0.15, -0.1) is 0 Å². The number of likely N-dealkylation sites (N-methyl/N-ethyl adjacent to an activating group) is 1. The number of esters is 1. The Labute approximate surface area is 425 Å². The third kappa shape index (κ3) is 7.44. The van der Waals surface area contributed by atoms with Gasteiger partial charge >= 0.3 is 5.97 Å². The Morgan fingerprint density at radius 3 is 2.70 bits per heavy atom. The molecule has 15 nitrogen and oxygen atoms in total. The Bertz CT molecular complexity index is 3010. The number of aliphatic hydroxyl groups is 3. The number of nitrogens with two attached hydrogens (primary N) is 1. The molecule has 4 fully saturated rings. The number of allylic oxidation sites excluding steroid dienone is 5. The van der Waals surface area contributed by atoms with E-state index in [1.54, 1.807) is 25.1 Å². The summed E-state index contributed by atoms with van der Waals surface area (Å²) in [4.78, 5) is 30.0. The summed E-state index contributed by atoms with van der Waals surface area (Å²) in [6.45, 7) is 7.81. The number of benzene rings is 2. The number of hydrogen-bond donors (Lipinski definition) is 10. The van der Waals surface area contributed by atoms with Crippen molar-refractivity contribution in [3.05, 3.63) is 121 Å². The van der Waals surface area contributed by atoms with E-state index < -0.39 is 53.8 Å². The first-order chi connectivity index (χ1) is 35.2. The van der Waals surface area contributed by atoms with Crippen LogP contribution in [-0.4, -0.2) is 87.8 Å². The number of ether oxygens (including phenoxy) is 2. The van der Waals surface area contributed by atoms with Crippen molar-refractivity contribution in [1.82, 2.24) is 21.3 Å². The highest BCUT2D eigenvalue weighted by molar-refractivity contribution is 5.93. The molecular weight excluding hydrogens is 927 g/mol. The fraction of sp³-hybridized carbons (Fsp3) is 0.552. The average Bonchev–Trinajstić information content (AvgIpc) is 3.79. The molecule has 2 aromatic carbocycles. The highest BCUT2D eigenvalue weighted by Crippen LogP contribution is 2.65. The van der Waals surface area contributed by atoms with Gasteiger partial charge < -0.3 is 61.1 Å². The van der Waals surface area contributed by atoms with Gasteiger partial charge in [-0.05, 0) is 178 Å². The average molecular weight is 998 g/mol. The Balaban J connectivity index is 1.11. The standard InChI is InChI=1S/C58H71N5O10/c1-4-42(58(70)23-32-9-10-33-25-60-17-15-57(32,33)28-58)55(69)72-45-22-40-51(68)49-44(67)21-35(26-64)71-53(49)50-47-38-14-16-62-54(59)48(38)37(13-7-29-6-11-34(66)20-39(29)41(47)27-65)36-12-8-30-19-46(61-5-2)63-24-31(30)18-43(36)56(45,3)73-52(40)50/h4,6,11,14,19-21,24,32-33,36-37,41,43,45-47,60-66,68,70H,5,7-10,12-13,15-18,22-23,25-28,59H2,1-3H3. The van der Waals surface area contributed by atoms with E-state index in [4.69, 9.17) is 19.6 Å². The molecule has 73 heavy (non-hydrogen) atoms. The Kier molecular flexibility index (Phi) is 12.0. The molecular formula is C58H71N5O10. The molecule has 9 aliphatic rings. The summed E-state index contributed by atoms with van der Waals surface area (Å²) in [7, 11) is 0. The van der Waals surface area contributed by atoms with E-state index >= 15 is 4.79 Å². The zero-order chi connectivity index (χ0) is 50.7. The summed E-state index contributed by atoms with van der Waals surface area (Å²) >= 11 is 0. The molecule has 4 bridgehead atoms. The van der Waals surface area contributed by atoms with Crippen LogP contribution in [0.15, 0.2) is 91.6 Å². The predicted octanol–water partition coefficient (Wildman–Crippen LogP) is 5.68. The van der Waals surface area contributed by atoms with E-state index in [-0.39, 0.29) is 86.8 Å². The fourth-order valence-electron chi connectivity index (χ4n) is 16.4. The topological polar surface area (TPSA) is 241 Å². The van der Waals surface area contributed by atoms with Crippen molar-refractivity contribution < 1.29 is 44.2 Å². The zero-order valence-corrected chi connectivity index (χ0v) is 42.2. The van der Waals surface area contributed by atoms with E-state index in [0.717, 1.165) is 67.6 Å². The van der Waals surface area contributed by atoms with Gasteiger partial charge in [-0.3, -0.25) is 10.1 Å². The number of piperidine rings is 1. The lowest BCUT2D eigenvalue weighted by Crippen LogP contribution is -2.59. The first kappa shape index (κ1) is 48.4. The van der Waals surface area contributed by atoms with Crippen molar-refractivity contribution in [3.63, 3.8) is 0 Å². The highest BCUT2D eigenvalue weighted by Gasteiger charge is 2.63. The maximum Gasteiger partial charge on any atom is 0.337 e. The smallest absolute Gasteiger partial charge is 0.337 e. The minimum atomic E-state index is -1.41. The van der Waals surface area contributed by atoms with Crippen LogP contribution in [0.2, 0.25) is 0 Å². The van der Waals surface area contributed by atoms with Gasteiger partial charge in [0.15, 0.2) is 5.43 Å². The number of nitrogens with one attached hydrogen (secondary N) is 4. The summed E-state index contributed by atoms with van der Waals surface area (Å²) in [6.07, 6.45) is 14.2.